The summed E-state index contributed by atoms with van der Waals surface area (Å²) in [5.74, 6) is -0.853. The summed E-state index contributed by atoms with van der Waals surface area (Å²) in [7, 11) is -3.77. The first-order valence-corrected chi connectivity index (χ1v) is 13.5. The molecular weight excluding hydrogens is 497 g/mol. The molecule has 0 saturated heterocycles. The zero-order chi connectivity index (χ0) is 25.6. The van der Waals surface area contributed by atoms with Gasteiger partial charge >= 0.3 is 0 Å². The van der Waals surface area contributed by atoms with E-state index in [2.05, 4.69) is 5.32 Å². The number of amides is 2. The SMILES string of the molecule is CC[C@@H](C)NC(=O)[C@@H](C)N(Cc1ccc(Cl)c(Cl)c1)C(=O)CN(c1cccc(C)c1)S(C)(=O)=O. The summed E-state index contributed by atoms with van der Waals surface area (Å²) >= 11 is 12.2. The van der Waals surface area contributed by atoms with Crippen LogP contribution < -0.4 is 9.62 Å². The molecule has 186 valence electrons. The molecule has 2 aromatic rings. The minimum absolute atomic E-state index is 0.0518. The van der Waals surface area contributed by atoms with Gasteiger partial charge in [0.1, 0.15) is 12.6 Å². The molecule has 34 heavy (non-hydrogen) atoms. The van der Waals surface area contributed by atoms with E-state index >= 15 is 0 Å². The third kappa shape index (κ3) is 7.61. The fourth-order valence-electron chi connectivity index (χ4n) is 3.28. The molecule has 1 N–H and O–H groups in total. The van der Waals surface area contributed by atoms with Gasteiger partial charge in [0.2, 0.25) is 21.8 Å². The highest BCUT2D eigenvalue weighted by molar-refractivity contribution is 7.92. The lowest BCUT2D eigenvalue weighted by atomic mass is 10.1. The van der Waals surface area contributed by atoms with Crippen molar-refractivity contribution in [1.82, 2.24) is 10.2 Å². The molecule has 0 unspecified atom stereocenters. The van der Waals surface area contributed by atoms with Crippen molar-refractivity contribution in [1.29, 1.82) is 0 Å². The molecule has 0 bridgehead atoms. The molecule has 0 radical (unpaired) electrons. The van der Waals surface area contributed by atoms with Crippen molar-refractivity contribution < 1.29 is 18.0 Å². The molecule has 0 spiro atoms. The molecule has 10 heteroatoms. The van der Waals surface area contributed by atoms with Crippen LogP contribution in [0.15, 0.2) is 42.5 Å². The van der Waals surface area contributed by atoms with Crippen LogP contribution in [0.2, 0.25) is 10.0 Å². The number of halogens is 2. The number of hydrogen-bond acceptors (Lipinski definition) is 4. The molecule has 0 fully saturated rings. The molecule has 0 heterocycles. The van der Waals surface area contributed by atoms with Crippen LogP contribution in [0, 0.1) is 6.92 Å². The van der Waals surface area contributed by atoms with E-state index in [4.69, 9.17) is 23.2 Å². The van der Waals surface area contributed by atoms with Gasteiger partial charge in [0.15, 0.2) is 0 Å². The van der Waals surface area contributed by atoms with E-state index in [1.54, 1.807) is 43.3 Å². The van der Waals surface area contributed by atoms with E-state index in [0.717, 1.165) is 22.5 Å². The van der Waals surface area contributed by atoms with Gasteiger partial charge in [0, 0.05) is 12.6 Å². The Labute approximate surface area is 212 Å². The van der Waals surface area contributed by atoms with Crippen LogP contribution in [0.3, 0.4) is 0 Å². The lowest BCUT2D eigenvalue weighted by Gasteiger charge is -2.32. The van der Waals surface area contributed by atoms with E-state index in [0.29, 0.717) is 21.3 Å². The fourth-order valence-corrected chi connectivity index (χ4v) is 4.44. The van der Waals surface area contributed by atoms with Gasteiger partial charge in [-0.05, 0) is 62.6 Å². The van der Waals surface area contributed by atoms with E-state index in [1.165, 1.54) is 4.90 Å². The second-order valence-electron chi connectivity index (χ2n) is 8.37. The predicted molar refractivity (Wildman–Crippen MR) is 138 cm³/mol. The average molecular weight is 529 g/mol. The lowest BCUT2D eigenvalue weighted by Crippen LogP contribution is -2.52. The van der Waals surface area contributed by atoms with Crippen LogP contribution >= 0.6 is 23.2 Å². The van der Waals surface area contributed by atoms with Crippen LogP contribution in [0.25, 0.3) is 0 Å². The Morgan fingerprint density at radius 1 is 1.06 bits per heavy atom. The van der Waals surface area contributed by atoms with Crippen LogP contribution in [0.4, 0.5) is 5.69 Å². The molecule has 0 aliphatic carbocycles. The van der Waals surface area contributed by atoms with Gasteiger partial charge in [-0.25, -0.2) is 8.42 Å². The van der Waals surface area contributed by atoms with Crippen molar-refractivity contribution in [2.24, 2.45) is 0 Å². The summed E-state index contributed by atoms with van der Waals surface area (Å²) in [6.45, 7) is 6.87. The normalized spacial score (nSPS) is 13.1. The Morgan fingerprint density at radius 2 is 1.74 bits per heavy atom. The minimum atomic E-state index is -3.77. The Hall–Kier alpha value is -2.29. The molecular formula is C24H31Cl2N3O4S. The van der Waals surface area contributed by atoms with Crippen molar-refractivity contribution in [3.05, 3.63) is 63.6 Å². The summed E-state index contributed by atoms with van der Waals surface area (Å²) < 4.78 is 26.2. The Balaban J connectivity index is 2.41. The average Bonchev–Trinajstić information content (AvgIpc) is 2.76. The summed E-state index contributed by atoms with van der Waals surface area (Å²) in [5.41, 5.74) is 1.89. The number of aryl methyl sites for hydroxylation is 1. The molecule has 2 atom stereocenters. The number of nitrogens with one attached hydrogen (secondary N) is 1. The number of benzene rings is 2. The number of rotatable bonds is 10. The molecule has 0 aliphatic heterocycles. The zero-order valence-corrected chi connectivity index (χ0v) is 22.3. The summed E-state index contributed by atoms with van der Waals surface area (Å²) in [6.07, 6.45) is 1.78. The number of carbonyl (C=O) groups excluding carboxylic acids is 2. The zero-order valence-electron chi connectivity index (χ0n) is 20.0. The number of anilines is 1. The highest BCUT2D eigenvalue weighted by Gasteiger charge is 2.30. The number of carbonyl (C=O) groups is 2. The van der Waals surface area contributed by atoms with Gasteiger partial charge < -0.3 is 10.2 Å². The van der Waals surface area contributed by atoms with Crippen LogP contribution in [-0.2, 0) is 26.2 Å². The van der Waals surface area contributed by atoms with Gasteiger partial charge in [-0.2, -0.15) is 0 Å². The molecule has 2 amide bonds. The number of hydrogen-bond donors (Lipinski definition) is 1. The van der Waals surface area contributed by atoms with Crippen molar-refractivity contribution in [2.45, 2.75) is 52.7 Å². The Bertz CT molecular complexity index is 1140. The second kappa shape index (κ2) is 11.9. The molecule has 0 saturated carbocycles. The first-order valence-electron chi connectivity index (χ1n) is 10.9. The predicted octanol–water partition coefficient (Wildman–Crippen LogP) is 4.40. The van der Waals surface area contributed by atoms with E-state index in [1.807, 2.05) is 26.8 Å². The largest absolute Gasteiger partial charge is 0.352 e. The topological polar surface area (TPSA) is 86.8 Å². The highest BCUT2D eigenvalue weighted by atomic mass is 35.5. The first kappa shape index (κ1) is 28.0. The Morgan fingerprint density at radius 3 is 2.29 bits per heavy atom. The molecule has 2 rings (SSSR count). The monoisotopic (exact) mass is 527 g/mol. The smallest absolute Gasteiger partial charge is 0.244 e. The van der Waals surface area contributed by atoms with Crippen molar-refractivity contribution >= 4 is 50.7 Å². The highest BCUT2D eigenvalue weighted by Crippen LogP contribution is 2.24. The maximum Gasteiger partial charge on any atom is 0.244 e. The first-order chi connectivity index (χ1) is 15.8. The van der Waals surface area contributed by atoms with E-state index in [9.17, 15) is 18.0 Å². The Kier molecular flexibility index (Phi) is 9.79. The lowest BCUT2D eigenvalue weighted by molar-refractivity contribution is -0.139. The van der Waals surface area contributed by atoms with Gasteiger partial charge in [0.05, 0.1) is 22.0 Å². The third-order valence-corrected chi connectivity index (χ3v) is 7.35. The summed E-state index contributed by atoms with van der Waals surface area (Å²) in [6, 6.07) is 10.9. The van der Waals surface area contributed by atoms with Crippen molar-refractivity contribution in [3.8, 4) is 0 Å². The standard InChI is InChI=1S/C24H31Cl2N3O4S/c1-6-17(3)27-24(31)18(4)28(14-19-10-11-21(25)22(26)13-19)23(30)15-29(34(5,32)33)20-9-7-8-16(2)12-20/h7-13,17-18H,6,14-15H2,1-5H3,(H,27,31)/t17-,18-/m1/s1. The van der Waals surface area contributed by atoms with Crippen LogP contribution in [0.5, 0.6) is 0 Å². The molecule has 2 aromatic carbocycles. The van der Waals surface area contributed by atoms with E-state index in [-0.39, 0.29) is 18.5 Å². The molecule has 0 aliphatic rings. The maximum absolute atomic E-state index is 13.5. The van der Waals surface area contributed by atoms with Crippen LogP contribution in [-0.4, -0.2) is 50.0 Å². The van der Waals surface area contributed by atoms with Crippen LogP contribution in [0.1, 0.15) is 38.3 Å². The number of sulfonamides is 1. The summed E-state index contributed by atoms with van der Waals surface area (Å²) in [4.78, 5) is 27.7. The third-order valence-electron chi connectivity index (χ3n) is 5.47. The van der Waals surface area contributed by atoms with Gasteiger partial charge in [-0.1, -0.05) is 48.3 Å². The van der Waals surface area contributed by atoms with Gasteiger partial charge in [-0.3, -0.25) is 13.9 Å². The minimum Gasteiger partial charge on any atom is -0.352 e. The van der Waals surface area contributed by atoms with Gasteiger partial charge in [-0.15, -0.1) is 0 Å². The number of nitrogens with zero attached hydrogens (tertiary/aromatic N) is 2. The van der Waals surface area contributed by atoms with Crippen molar-refractivity contribution in [2.75, 3.05) is 17.1 Å². The summed E-state index contributed by atoms with van der Waals surface area (Å²) in [5, 5.41) is 3.57. The van der Waals surface area contributed by atoms with E-state index < -0.39 is 28.5 Å². The fraction of sp³-hybridized carbons (Fsp3) is 0.417. The molecule has 0 aromatic heterocycles. The second-order valence-corrected chi connectivity index (χ2v) is 11.1. The maximum atomic E-state index is 13.5. The van der Waals surface area contributed by atoms with Crippen molar-refractivity contribution in [3.63, 3.8) is 0 Å². The quantitative estimate of drug-likeness (QED) is 0.495. The molecule has 7 nitrogen and oxygen atoms in total. The van der Waals surface area contributed by atoms with Gasteiger partial charge in [0.25, 0.3) is 0 Å².